The lowest BCUT2D eigenvalue weighted by atomic mass is 9.92. The number of aliphatic carboxylic acids is 2. The van der Waals surface area contributed by atoms with Gasteiger partial charge in [0.2, 0.25) is 5.91 Å². The van der Waals surface area contributed by atoms with Gasteiger partial charge in [0, 0.05) is 16.3 Å². The third kappa shape index (κ3) is 12.6. The highest BCUT2D eigenvalue weighted by Crippen LogP contribution is 2.27. The Morgan fingerprint density at radius 1 is 0.895 bits per heavy atom. The van der Waals surface area contributed by atoms with Gasteiger partial charge in [0.25, 0.3) is 0 Å². The molecule has 0 spiro atoms. The first-order chi connectivity index (χ1) is 18.3. The Labute approximate surface area is 230 Å². The summed E-state index contributed by atoms with van der Waals surface area (Å²) in [6, 6.07) is 14.8. The van der Waals surface area contributed by atoms with Crippen LogP contribution >= 0.6 is 11.8 Å². The van der Waals surface area contributed by atoms with Crippen LogP contribution in [0.1, 0.15) is 88.2 Å². The summed E-state index contributed by atoms with van der Waals surface area (Å²) in [5.41, 5.74) is 2.46. The molecule has 208 valence electrons. The first-order valence-electron chi connectivity index (χ1n) is 13.5. The molecule has 0 aliphatic rings. The monoisotopic (exact) mass is 543 g/mol. The number of aliphatic hydroxyl groups excluding tert-OH is 1. The van der Waals surface area contributed by atoms with Crippen molar-refractivity contribution >= 4 is 35.3 Å². The Kier molecular flexibility index (Phi) is 14.6. The van der Waals surface area contributed by atoms with Crippen molar-refractivity contribution in [3.8, 4) is 0 Å². The number of benzene rings is 2. The Morgan fingerprint density at radius 3 is 2.24 bits per heavy atom. The fourth-order valence-electron chi connectivity index (χ4n) is 4.28. The molecule has 7 nitrogen and oxygen atoms in total. The average molecular weight is 544 g/mol. The second-order valence-electron chi connectivity index (χ2n) is 9.69. The maximum Gasteiger partial charge on any atom is 0.312 e. The number of carbonyl (C=O) groups is 3. The molecule has 2 atom stereocenters. The van der Waals surface area contributed by atoms with Gasteiger partial charge in [-0.2, -0.15) is 0 Å². The molecule has 0 aliphatic heterocycles. The lowest BCUT2D eigenvalue weighted by Gasteiger charge is -2.16. The summed E-state index contributed by atoms with van der Waals surface area (Å²) in [5.74, 6) is -3.00. The van der Waals surface area contributed by atoms with Crippen LogP contribution in [0.25, 0.3) is 0 Å². The van der Waals surface area contributed by atoms with Crippen LogP contribution in [-0.4, -0.2) is 45.0 Å². The van der Waals surface area contributed by atoms with Crippen LogP contribution in [0.5, 0.6) is 0 Å². The Hall–Kier alpha value is -2.84. The van der Waals surface area contributed by atoms with Crippen molar-refractivity contribution in [1.29, 1.82) is 0 Å². The SMILES string of the molecule is CCCCCCCCCc1ccc(C(CCC(O)CSc2cccc(NC(=O)CC(=O)O)c2)C(=O)O)cc1. The van der Waals surface area contributed by atoms with Gasteiger partial charge in [-0.25, -0.2) is 0 Å². The number of carboxylic acids is 2. The molecule has 0 saturated carbocycles. The fourth-order valence-corrected chi connectivity index (χ4v) is 5.21. The van der Waals surface area contributed by atoms with Gasteiger partial charge in [0.15, 0.2) is 0 Å². The molecule has 0 heterocycles. The molecule has 0 bridgehead atoms. The molecule has 1 amide bonds. The topological polar surface area (TPSA) is 124 Å². The van der Waals surface area contributed by atoms with Crippen molar-refractivity contribution in [3.63, 3.8) is 0 Å². The number of carbonyl (C=O) groups excluding carboxylic acids is 1. The smallest absolute Gasteiger partial charge is 0.312 e. The molecular formula is C30H41NO6S. The van der Waals surface area contributed by atoms with Crippen LogP contribution in [0.4, 0.5) is 5.69 Å². The van der Waals surface area contributed by atoms with Gasteiger partial charge < -0.3 is 20.6 Å². The number of unbranched alkanes of at least 4 members (excludes halogenated alkanes) is 6. The van der Waals surface area contributed by atoms with Crippen LogP contribution in [0.3, 0.4) is 0 Å². The van der Waals surface area contributed by atoms with E-state index in [1.807, 2.05) is 30.3 Å². The van der Waals surface area contributed by atoms with Crippen molar-refractivity contribution in [2.75, 3.05) is 11.1 Å². The van der Waals surface area contributed by atoms with E-state index in [0.717, 1.165) is 23.3 Å². The zero-order valence-corrected chi connectivity index (χ0v) is 23.0. The van der Waals surface area contributed by atoms with Crippen LogP contribution in [0, 0.1) is 0 Å². The molecule has 38 heavy (non-hydrogen) atoms. The van der Waals surface area contributed by atoms with Crippen molar-refractivity contribution in [2.45, 2.75) is 94.5 Å². The summed E-state index contributed by atoms with van der Waals surface area (Å²) in [4.78, 5) is 35.0. The maximum atomic E-state index is 11.9. The largest absolute Gasteiger partial charge is 0.481 e. The number of hydrogen-bond donors (Lipinski definition) is 4. The average Bonchev–Trinajstić information content (AvgIpc) is 2.87. The molecule has 4 N–H and O–H groups in total. The Balaban J connectivity index is 1.78. The summed E-state index contributed by atoms with van der Waals surface area (Å²) in [6.07, 6.45) is 9.23. The number of amides is 1. The number of thioether (sulfide) groups is 1. The predicted molar refractivity (Wildman–Crippen MR) is 152 cm³/mol. The van der Waals surface area contributed by atoms with E-state index in [0.29, 0.717) is 24.3 Å². The molecule has 2 aromatic carbocycles. The minimum atomic E-state index is -1.20. The van der Waals surface area contributed by atoms with Crippen molar-refractivity contribution in [2.24, 2.45) is 0 Å². The van der Waals surface area contributed by atoms with Crippen molar-refractivity contribution in [3.05, 3.63) is 59.7 Å². The minimum absolute atomic E-state index is 0.333. The number of rotatable bonds is 19. The maximum absolute atomic E-state index is 11.9. The zero-order valence-electron chi connectivity index (χ0n) is 22.2. The predicted octanol–water partition coefficient (Wildman–Crippen LogP) is 6.49. The van der Waals surface area contributed by atoms with E-state index in [1.54, 1.807) is 18.2 Å². The quantitative estimate of drug-likeness (QED) is 0.0906. The lowest BCUT2D eigenvalue weighted by molar-refractivity contribution is -0.140. The molecule has 0 saturated heterocycles. The van der Waals surface area contributed by atoms with Crippen molar-refractivity contribution in [1.82, 2.24) is 0 Å². The second kappa shape index (κ2) is 17.6. The normalized spacial score (nSPS) is 12.6. The number of aliphatic hydroxyl groups is 1. The molecule has 0 aromatic heterocycles. The van der Waals surface area contributed by atoms with E-state index in [9.17, 15) is 24.6 Å². The van der Waals surface area contributed by atoms with Gasteiger partial charge in [-0.1, -0.05) is 75.8 Å². The van der Waals surface area contributed by atoms with E-state index in [4.69, 9.17) is 5.11 Å². The highest BCUT2D eigenvalue weighted by Gasteiger charge is 2.21. The first-order valence-corrected chi connectivity index (χ1v) is 14.5. The molecule has 0 fully saturated rings. The molecule has 8 heteroatoms. The molecule has 2 rings (SSSR count). The third-order valence-electron chi connectivity index (χ3n) is 6.41. The molecule has 0 aliphatic carbocycles. The van der Waals surface area contributed by atoms with E-state index < -0.39 is 36.3 Å². The summed E-state index contributed by atoms with van der Waals surface area (Å²) in [7, 11) is 0. The number of aryl methyl sites for hydroxylation is 1. The van der Waals surface area contributed by atoms with Gasteiger partial charge >= 0.3 is 11.9 Å². The zero-order chi connectivity index (χ0) is 27.8. The van der Waals surface area contributed by atoms with E-state index in [2.05, 4.69) is 12.2 Å². The highest BCUT2D eigenvalue weighted by atomic mass is 32.2. The van der Waals surface area contributed by atoms with Gasteiger partial charge in [0.1, 0.15) is 6.42 Å². The standard InChI is InChI=1S/C30H41NO6S/c1-2-3-4-5-6-7-8-10-22-13-15-23(16-14-22)27(30(36)37)18-17-25(32)21-38-26-12-9-11-24(19-26)31-28(33)20-29(34)35/h9,11-16,19,25,27,32H,2-8,10,17-18,20-21H2,1H3,(H,31,33)(H,34,35)(H,36,37). The van der Waals surface area contributed by atoms with Gasteiger partial charge in [0.05, 0.1) is 12.0 Å². The summed E-state index contributed by atoms with van der Waals surface area (Å²) in [6.45, 7) is 2.22. The van der Waals surface area contributed by atoms with Crippen LogP contribution < -0.4 is 5.32 Å². The number of hydrogen-bond acceptors (Lipinski definition) is 5. The Morgan fingerprint density at radius 2 is 1.58 bits per heavy atom. The molecule has 0 radical (unpaired) electrons. The summed E-state index contributed by atoms with van der Waals surface area (Å²) in [5, 5.41) is 31.5. The first kappa shape index (κ1) is 31.4. The minimum Gasteiger partial charge on any atom is -0.481 e. The Bertz CT molecular complexity index is 1010. The van der Waals surface area contributed by atoms with Crippen LogP contribution in [-0.2, 0) is 20.8 Å². The van der Waals surface area contributed by atoms with Gasteiger partial charge in [-0.15, -0.1) is 11.8 Å². The third-order valence-corrected chi connectivity index (χ3v) is 7.55. The van der Waals surface area contributed by atoms with Gasteiger partial charge in [-0.3, -0.25) is 14.4 Å². The highest BCUT2D eigenvalue weighted by molar-refractivity contribution is 7.99. The summed E-state index contributed by atoms with van der Waals surface area (Å²) >= 11 is 1.39. The van der Waals surface area contributed by atoms with E-state index >= 15 is 0 Å². The van der Waals surface area contributed by atoms with E-state index in [1.165, 1.54) is 55.9 Å². The fraction of sp³-hybridized carbons (Fsp3) is 0.500. The molecular weight excluding hydrogens is 502 g/mol. The molecule has 2 aromatic rings. The van der Waals surface area contributed by atoms with Gasteiger partial charge in [-0.05, 0) is 55.0 Å². The van der Waals surface area contributed by atoms with Crippen LogP contribution in [0.15, 0.2) is 53.4 Å². The lowest BCUT2D eigenvalue weighted by Crippen LogP contribution is -2.17. The second-order valence-corrected chi connectivity index (χ2v) is 10.8. The number of nitrogens with one attached hydrogen (secondary N) is 1. The van der Waals surface area contributed by atoms with Crippen molar-refractivity contribution < 1.29 is 29.7 Å². The van der Waals surface area contributed by atoms with E-state index in [-0.39, 0.29) is 0 Å². The molecule has 2 unspecified atom stereocenters. The summed E-state index contributed by atoms with van der Waals surface area (Å²) < 4.78 is 0. The van der Waals surface area contributed by atoms with Crippen LogP contribution in [0.2, 0.25) is 0 Å². The number of anilines is 1. The number of carboxylic acid groups (broad SMARTS) is 2.